The minimum atomic E-state index is -2.95. The summed E-state index contributed by atoms with van der Waals surface area (Å²) in [7, 11) is 1.45. The van der Waals surface area contributed by atoms with Crippen molar-refractivity contribution < 1.29 is 37.7 Å². The van der Waals surface area contributed by atoms with Crippen LogP contribution in [0.25, 0.3) is 0 Å². The van der Waals surface area contributed by atoms with Gasteiger partial charge in [-0.2, -0.15) is 8.78 Å². The van der Waals surface area contributed by atoms with Crippen LogP contribution < -0.4 is 14.2 Å². The first-order valence-corrected chi connectivity index (χ1v) is 11.3. The number of carboxylic acids is 1. The Morgan fingerprint density at radius 2 is 1.67 bits per heavy atom. The van der Waals surface area contributed by atoms with Crippen LogP contribution in [-0.4, -0.2) is 48.8 Å². The van der Waals surface area contributed by atoms with Gasteiger partial charge in [-0.1, -0.05) is 36.4 Å². The second kappa shape index (κ2) is 13.1. The Hall–Kier alpha value is -4.14. The fourth-order valence-electron chi connectivity index (χ4n) is 3.62. The summed E-state index contributed by atoms with van der Waals surface area (Å²) < 4.78 is 39.9. The van der Waals surface area contributed by atoms with Gasteiger partial charge in [-0.05, 0) is 60.4 Å². The van der Waals surface area contributed by atoms with Gasteiger partial charge in [-0.15, -0.1) is 0 Å². The highest BCUT2D eigenvalue weighted by molar-refractivity contribution is 5.94. The largest absolute Gasteiger partial charge is 0.493 e. The van der Waals surface area contributed by atoms with Crippen LogP contribution in [0.2, 0.25) is 0 Å². The highest BCUT2D eigenvalue weighted by atomic mass is 19.3. The molecular formula is C27H27F2NO6. The molecule has 9 heteroatoms. The van der Waals surface area contributed by atoms with Gasteiger partial charge >= 0.3 is 12.6 Å². The number of ether oxygens (including phenoxy) is 3. The molecule has 0 aromatic heterocycles. The number of carboxylic acid groups (broad SMARTS) is 1. The lowest BCUT2D eigenvalue weighted by molar-refractivity contribution is -0.139. The molecule has 0 aliphatic heterocycles. The zero-order valence-electron chi connectivity index (χ0n) is 19.7. The zero-order chi connectivity index (χ0) is 25.9. The summed E-state index contributed by atoms with van der Waals surface area (Å²) in [5.41, 5.74) is 2.18. The van der Waals surface area contributed by atoms with Crippen molar-refractivity contribution in [2.45, 2.75) is 26.0 Å². The van der Waals surface area contributed by atoms with E-state index in [1.165, 1.54) is 31.4 Å². The maximum Gasteiger partial charge on any atom is 0.387 e. The van der Waals surface area contributed by atoms with Crippen LogP contribution in [0, 0.1) is 0 Å². The molecule has 3 aromatic carbocycles. The van der Waals surface area contributed by atoms with E-state index in [2.05, 4.69) is 4.74 Å². The number of benzene rings is 3. The smallest absolute Gasteiger partial charge is 0.387 e. The van der Waals surface area contributed by atoms with E-state index in [0.717, 1.165) is 12.0 Å². The standard InChI is InChI=1S/C27H27F2NO6/c1-34-23-14-9-20(16-24(23)35-18-25(31)32)17-30(15-5-8-19-6-3-2-4-7-19)26(33)21-10-12-22(13-11-21)36-27(28)29/h2-4,6-7,9-14,16,27H,5,8,15,17-18H2,1H3,(H,31,32). The molecule has 36 heavy (non-hydrogen) atoms. The molecule has 0 spiro atoms. The third-order valence-corrected chi connectivity index (χ3v) is 5.30. The molecule has 0 aliphatic rings. The van der Waals surface area contributed by atoms with Crippen molar-refractivity contribution in [1.29, 1.82) is 0 Å². The van der Waals surface area contributed by atoms with Crippen molar-refractivity contribution in [3.63, 3.8) is 0 Å². The molecule has 190 valence electrons. The molecule has 0 fully saturated rings. The first kappa shape index (κ1) is 26.5. The van der Waals surface area contributed by atoms with Crippen molar-refractivity contribution >= 4 is 11.9 Å². The minimum Gasteiger partial charge on any atom is -0.493 e. The van der Waals surface area contributed by atoms with E-state index in [4.69, 9.17) is 14.6 Å². The van der Waals surface area contributed by atoms with Crippen LogP contribution in [0.15, 0.2) is 72.8 Å². The number of rotatable bonds is 13. The van der Waals surface area contributed by atoms with Crippen LogP contribution in [0.5, 0.6) is 17.2 Å². The van der Waals surface area contributed by atoms with Gasteiger partial charge in [0.05, 0.1) is 7.11 Å². The number of halogens is 2. The molecule has 7 nitrogen and oxygen atoms in total. The van der Waals surface area contributed by atoms with Crippen LogP contribution >= 0.6 is 0 Å². The Labute approximate surface area is 207 Å². The number of carbonyl (C=O) groups excluding carboxylic acids is 1. The highest BCUT2D eigenvalue weighted by Gasteiger charge is 2.18. The number of alkyl halides is 2. The Kier molecular flexibility index (Phi) is 9.62. The fourth-order valence-corrected chi connectivity index (χ4v) is 3.62. The van der Waals surface area contributed by atoms with E-state index in [9.17, 15) is 18.4 Å². The summed E-state index contributed by atoms with van der Waals surface area (Å²) in [5, 5.41) is 8.94. The SMILES string of the molecule is COc1ccc(CN(CCCc2ccccc2)C(=O)c2ccc(OC(F)F)cc2)cc1OCC(=O)O. The zero-order valence-corrected chi connectivity index (χ0v) is 19.7. The summed E-state index contributed by atoms with van der Waals surface area (Å²) in [6, 6.07) is 20.5. The number of carbonyl (C=O) groups is 2. The monoisotopic (exact) mass is 499 g/mol. The molecule has 3 rings (SSSR count). The maximum absolute atomic E-state index is 13.4. The van der Waals surface area contributed by atoms with Crippen molar-refractivity contribution in [2.75, 3.05) is 20.3 Å². The summed E-state index contributed by atoms with van der Waals surface area (Å²) in [6.07, 6.45) is 1.46. The van der Waals surface area contributed by atoms with E-state index < -0.39 is 19.2 Å². The lowest BCUT2D eigenvalue weighted by atomic mass is 10.1. The van der Waals surface area contributed by atoms with Crippen LogP contribution in [0.4, 0.5) is 8.78 Å². The van der Waals surface area contributed by atoms with Crippen LogP contribution in [-0.2, 0) is 17.8 Å². The molecule has 1 N–H and O–H groups in total. The Morgan fingerprint density at radius 1 is 0.944 bits per heavy atom. The number of methoxy groups -OCH3 is 1. The second-order valence-electron chi connectivity index (χ2n) is 7.89. The molecule has 3 aromatic rings. The number of hydrogen-bond acceptors (Lipinski definition) is 5. The van der Waals surface area contributed by atoms with Gasteiger partial charge in [0.1, 0.15) is 5.75 Å². The van der Waals surface area contributed by atoms with Crippen molar-refractivity contribution in [3.8, 4) is 17.2 Å². The molecule has 0 unspecified atom stereocenters. The number of hydrogen-bond donors (Lipinski definition) is 1. The van der Waals surface area contributed by atoms with Gasteiger partial charge in [-0.25, -0.2) is 4.79 Å². The van der Waals surface area contributed by atoms with E-state index >= 15 is 0 Å². The average Bonchev–Trinajstić information content (AvgIpc) is 2.87. The molecule has 0 aliphatic carbocycles. The third kappa shape index (κ3) is 7.97. The Morgan fingerprint density at radius 3 is 2.31 bits per heavy atom. The Bertz CT molecular complexity index is 1140. The van der Waals surface area contributed by atoms with Gasteiger partial charge < -0.3 is 24.2 Å². The van der Waals surface area contributed by atoms with E-state index in [0.29, 0.717) is 29.8 Å². The van der Waals surface area contributed by atoms with Gasteiger partial charge in [-0.3, -0.25) is 4.79 Å². The lowest BCUT2D eigenvalue weighted by Gasteiger charge is -2.24. The molecule has 0 heterocycles. The molecule has 0 radical (unpaired) electrons. The number of nitrogens with zero attached hydrogens (tertiary/aromatic N) is 1. The van der Waals surface area contributed by atoms with Gasteiger partial charge in [0.2, 0.25) is 0 Å². The normalized spacial score (nSPS) is 10.7. The molecular weight excluding hydrogens is 472 g/mol. The van der Waals surface area contributed by atoms with Crippen LogP contribution in [0.3, 0.4) is 0 Å². The number of aliphatic carboxylic acids is 1. The van der Waals surface area contributed by atoms with Gasteiger partial charge in [0.15, 0.2) is 18.1 Å². The summed E-state index contributed by atoms with van der Waals surface area (Å²) in [6.45, 7) is -2.84. The average molecular weight is 500 g/mol. The third-order valence-electron chi connectivity index (χ3n) is 5.30. The molecule has 0 saturated heterocycles. The number of amides is 1. The molecule has 0 bridgehead atoms. The Balaban J connectivity index is 1.79. The first-order valence-electron chi connectivity index (χ1n) is 11.3. The predicted octanol–water partition coefficient (Wildman–Crippen LogP) is 5.04. The second-order valence-corrected chi connectivity index (χ2v) is 7.89. The summed E-state index contributed by atoms with van der Waals surface area (Å²) >= 11 is 0. The van der Waals surface area contributed by atoms with E-state index in [1.54, 1.807) is 23.1 Å². The van der Waals surface area contributed by atoms with E-state index in [1.807, 2.05) is 30.3 Å². The maximum atomic E-state index is 13.4. The lowest BCUT2D eigenvalue weighted by Crippen LogP contribution is -2.31. The predicted molar refractivity (Wildman–Crippen MR) is 129 cm³/mol. The van der Waals surface area contributed by atoms with E-state index in [-0.39, 0.29) is 24.0 Å². The summed E-state index contributed by atoms with van der Waals surface area (Å²) in [5.74, 6) is -0.818. The summed E-state index contributed by atoms with van der Waals surface area (Å²) in [4.78, 5) is 25.9. The van der Waals surface area contributed by atoms with Gasteiger partial charge in [0, 0.05) is 18.7 Å². The highest BCUT2D eigenvalue weighted by Crippen LogP contribution is 2.29. The van der Waals surface area contributed by atoms with Crippen molar-refractivity contribution in [2.24, 2.45) is 0 Å². The number of aryl methyl sites for hydroxylation is 1. The fraction of sp³-hybridized carbons (Fsp3) is 0.259. The minimum absolute atomic E-state index is 0.0347. The first-order chi connectivity index (χ1) is 17.4. The molecule has 0 atom stereocenters. The van der Waals surface area contributed by atoms with Crippen molar-refractivity contribution in [1.82, 2.24) is 4.90 Å². The quantitative estimate of drug-likeness (QED) is 0.355. The topological polar surface area (TPSA) is 85.3 Å². The molecule has 0 saturated carbocycles. The van der Waals surface area contributed by atoms with Crippen LogP contribution in [0.1, 0.15) is 27.9 Å². The molecule has 1 amide bonds. The van der Waals surface area contributed by atoms with Gasteiger partial charge in [0.25, 0.3) is 5.91 Å². The van der Waals surface area contributed by atoms with Crippen molar-refractivity contribution in [3.05, 3.63) is 89.5 Å².